The molecule has 0 fully saturated rings. The lowest BCUT2D eigenvalue weighted by Crippen LogP contribution is -2.15. The van der Waals surface area contributed by atoms with Crippen molar-refractivity contribution in [2.45, 2.75) is 0 Å². The number of nitrogens with zero attached hydrogens (tertiary/aromatic N) is 3. The van der Waals surface area contributed by atoms with Gasteiger partial charge in [0.2, 0.25) is 0 Å². The summed E-state index contributed by atoms with van der Waals surface area (Å²) in [6.45, 7) is 0. The zero-order valence-electron chi connectivity index (χ0n) is 11.5. The third kappa shape index (κ3) is 2.85. The van der Waals surface area contributed by atoms with Crippen molar-refractivity contribution >= 4 is 34.6 Å². The van der Waals surface area contributed by atoms with Gasteiger partial charge in [0, 0.05) is 33.0 Å². The first kappa shape index (κ1) is 14.2. The average Bonchev–Trinajstić information content (AvgIpc) is 2.68. The molecule has 0 unspecified atom stereocenters. The van der Waals surface area contributed by atoms with E-state index in [1.165, 1.54) is 4.68 Å². The van der Waals surface area contributed by atoms with Crippen LogP contribution in [-0.4, -0.2) is 29.8 Å². The van der Waals surface area contributed by atoms with Crippen LogP contribution in [0.25, 0.3) is 0 Å². The predicted octanol–water partition coefficient (Wildman–Crippen LogP) is 1.97. The molecule has 0 radical (unpaired) electrons. The summed E-state index contributed by atoms with van der Waals surface area (Å²) >= 11 is 6.15. The van der Waals surface area contributed by atoms with Crippen LogP contribution in [0, 0.1) is 0 Å². The van der Waals surface area contributed by atoms with Crippen LogP contribution in [0.5, 0.6) is 0 Å². The molecule has 1 aromatic heterocycles. The lowest BCUT2D eigenvalue weighted by atomic mass is 10.2. The molecule has 0 saturated heterocycles. The van der Waals surface area contributed by atoms with Crippen LogP contribution in [-0.2, 0) is 7.05 Å². The molecule has 2 rings (SSSR count). The number of halogens is 1. The molecule has 1 heterocycles. The summed E-state index contributed by atoms with van der Waals surface area (Å²) in [7, 11) is 5.50. The highest BCUT2D eigenvalue weighted by Gasteiger charge is 2.14. The summed E-state index contributed by atoms with van der Waals surface area (Å²) in [4.78, 5) is 14.0. The first-order valence-electron chi connectivity index (χ1n) is 5.96. The second-order valence-corrected chi connectivity index (χ2v) is 5.03. The zero-order valence-corrected chi connectivity index (χ0v) is 12.3. The number of nitrogens with two attached hydrogens (primary N) is 1. The van der Waals surface area contributed by atoms with Crippen LogP contribution in [0.3, 0.4) is 0 Å². The first-order valence-corrected chi connectivity index (χ1v) is 6.33. The topological polar surface area (TPSA) is 76.2 Å². The number of hydrogen-bond acceptors (Lipinski definition) is 4. The Hall–Kier alpha value is -2.21. The Morgan fingerprint density at radius 3 is 2.65 bits per heavy atom. The quantitative estimate of drug-likeness (QED) is 0.907. The number of aromatic nitrogens is 2. The van der Waals surface area contributed by atoms with Crippen molar-refractivity contribution in [3.63, 3.8) is 0 Å². The van der Waals surface area contributed by atoms with Crippen molar-refractivity contribution in [2.24, 2.45) is 7.05 Å². The molecule has 0 bridgehead atoms. The predicted molar refractivity (Wildman–Crippen MR) is 81.4 cm³/mol. The number of nitrogen functional groups attached to an aromatic ring is 1. The number of anilines is 3. The summed E-state index contributed by atoms with van der Waals surface area (Å²) in [5, 5.41) is 7.29. The number of carbonyl (C=O) groups excluding carboxylic acids is 1. The van der Waals surface area contributed by atoms with E-state index in [0.717, 1.165) is 5.69 Å². The van der Waals surface area contributed by atoms with E-state index in [1.54, 1.807) is 25.4 Å². The molecule has 0 aliphatic rings. The molecule has 2 aromatic rings. The summed E-state index contributed by atoms with van der Waals surface area (Å²) in [5.41, 5.74) is 7.71. The van der Waals surface area contributed by atoms with E-state index in [-0.39, 0.29) is 11.6 Å². The van der Waals surface area contributed by atoms with Gasteiger partial charge in [-0.2, -0.15) is 5.10 Å². The standard InChI is InChI=1S/C13H16ClN5O/c1-18(2)11-5-4-8(6-9(11)14)16-13(20)12-10(15)7-19(3)17-12/h4-7H,15H2,1-3H3,(H,16,20). The second kappa shape index (κ2) is 5.42. The Morgan fingerprint density at radius 1 is 1.45 bits per heavy atom. The van der Waals surface area contributed by atoms with Crippen LogP contribution in [0.2, 0.25) is 5.02 Å². The van der Waals surface area contributed by atoms with Gasteiger partial charge >= 0.3 is 0 Å². The van der Waals surface area contributed by atoms with Gasteiger partial charge in [-0.15, -0.1) is 0 Å². The summed E-state index contributed by atoms with van der Waals surface area (Å²) in [5.74, 6) is -0.364. The average molecular weight is 294 g/mol. The van der Waals surface area contributed by atoms with Crippen molar-refractivity contribution in [3.8, 4) is 0 Å². The molecule has 0 atom stereocenters. The number of hydrogen-bond donors (Lipinski definition) is 2. The molecule has 7 heteroatoms. The fourth-order valence-corrected chi connectivity index (χ4v) is 2.17. The maximum atomic E-state index is 12.1. The molecule has 1 aromatic carbocycles. The van der Waals surface area contributed by atoms with Crippen molar-refractivity contribution in [3.05, 3.63) is 35.1 Å². The lowest BCUT2D eigenvalue weighted by Gasteiger charge is -2.15. The Labute approximate surface area is 122 Å². The van der Waals surface area contributed by atoms with E-state index >= 15 is 0 Å². The highest BCUT2D eigenvalue weighted by molar-refractivity contribution is 6.33. The minimum absolute atomic E-state index is 0.195. The molecule has 3 N–H and O–H groups in total. The van der Waals surface area contributed by atoms with Crippen LogP contribution in [0.15, 0.2) is 24.4 Å². The van der Waals surface area contributed by atoms with Gasteiger partial charge in [-0.1, -0.05) is 11.6 Å². The number of carbonyl (C=O) groups is 1. The fraction of sp³-hybridized carbons (Fsp3) is 0.231. The Kier molecular flexibility index (Phi) is 3.85. The van der Waals surface area contributed by atoms with E-state index in [0.29, 0.717) is 16.4 Å². The van der Waals surface area contributed by atoms with Crippen LogP contribution < -0.4 is 16.0 Å². The molecule has 106 valence electrons. The fourth-order valence-electron chi connectivity index (χ4n) is 1.82. The molecular weight excluding hydrogens is 278 g/mol. The van der Waals surface area contributed by atoms with Crippen LogP contribution >= 0.6 is 11.6 Å². The van der Waals surface area contributed by atoms with Gasteiger partial charge in [0.25, 0.3) is 5.91 Å². The van der Waals surface area contributed by atoms with Gasteiger partial charge < -0.3 is 16.0 Å². The molecular formula is C13H16ClN5O. The third-order valence-electron chi connectivity index (χ3n) is 2.76. The van der Waals surface area contributed by atoms with Crippen molar-refractivity contribution in [2.75, 3.05) is 30.0 Å². The summed E-state index contributed by atoms with van der Waals surface area (Å²) in [6.07, 6.45) is 1.58. The van der Waals surface area contributed by atoms with Crippen LogP contribution in [0.4, 0.5) is 17.1 Å². The number of amides is 1. The Morgan fingerprint density at radius 2 is 2.15 bits per heavy atom. The SMILES string of the molecule is CN(C)c1ccc(NC(=O)c2nn(C)cc2N)cc1Cl. The van der Waals surface area contributed by atoms with E-state index in [1.807, 2.05) is 25.1 Å². The molecule has 1 amide bonds. The van der Waals surface area contributed by atoms with E-state index in [2.05, 4.69) is 10.4 Å². The molecule has 6 nitrogen and oxygen atoms in total. The number of benzene rings is 1. The maximum absolute atomic E-state index is 12.1. The molecule has 0 saturated carbocycles. The van der Waals surface area contributed by atoms with E-state index in [4.69, 9.17) is 17.3 Å². The number of rotatable bonds is 3. The molecule has 0 spiro atoms. The second-order valence-electron chi connectivity index (χ2n) is 4.62. The van der Waals surface area contributed by atoms with Crippen molar-refractivity contribution in [1.82, 2.24) is 9.78 Å². The first-order chi connectivity index (χ1) is 9.38. The normalized spacial score (nSPS) is 10.4. The molecule has 20 heavy (non-hydrogen) atoms. The Balaban J connectivity index is 2.20. The van der Waals surface area contributed by atoms with Gasteiger partial charge in [0.05, 0.1) is 16.4 Å². The lowest BCUT2D eigenvalue weighted by molar-refractivity contribution is 0.102. The number of nitrogens with one attached hydrogen (secondary N) is 1. The zero-order chi connectivity index (χ0) is 14.9. The largest absolute Gasteiger partial charge is 0.396 e. The smallest absolute Gasteiger partial charge is 0.278 e. The van der Waals surface area contributed by atoms with Gasteiger partial charge in [-0.25, -0.2) is 0 Å². The Bertz CT molecular complexity index is 650. The highest BCUT2D eigenvalue weighted by Crippen LogP contribution is 2.27. The van der Waals surface area contributed by atoms with Crippen molar-refractivity contribution in [1.29, 1.82) is 0 Å². The minimum Gasteiger partial charge on any atom is -0.396 e. The van der Waals surface area contributed by atoms with E-state index in [9.17, 15) is 4.79 Å². The van der Waals surface area contributed by atoms with Gasteiger partial charge in [0.1, 0.15) is 0 Å². The molecule has 0 aliphatic heterocycles. The van der Waals surface area contributed by atoms with Gasteiger partial charge in [0.15, 0.2) is 5.69 Å². The van der Waals surface area contributed by atoms with E-state index < -0.39 is 0 Å². The highest BCUT2D eigenvalue weighted by atomic mass is 35.5. The minimum atomic E-state index is -0.364. The number of aryl methyl sites for hydroxylation is 1. The summed E-state index contributed by atoms with van der Waals surface area (Å²) < 4.78 is 1.49. The maximum Gasteiger partial charge on any atom is 0.278 e. The third-order valence-corrected chi connectivity index (χ3v) is 3.06. The summed E-state index contributed by atoms with van der Waals surface area (Å²) in [6, 6.07) is 5.30. The van der Waals surface area contributed by atoms with Gasteiger partial charge in [-0.05, 0) is 18.2 Å². The van der Waals surface area contributed by atoms with Gasteiger partial charge in [-0.3, -0.25) is 9.48 Å². The van der Waals surface area contributed by atoms with Crippen LogP contribution in [0.1, 0.15) is 10.5 Å². The van der Waals surface area contributed by atoms with Crippen molar-refractivity contribution < 1.29 is 4.79 Å². The monoisotopic (exact) mass is 293 g/mol. The molecule has 0 aliphatic carbocycles.